The van der Waals surface area contributed by atoms with Crippen LogP contribution in [0, 0.1) is 5.82 Å². The number of ketones is 1. The second kappa shape index (κ2) is 5.74. The molecule has 0 heterocycles. The van der Waals surface area contributed by atoms with Crippen molar-refractivity contribution >= 4 is 21.7 Å². The molecule has 1 aliphatic rings. The molecule has 0 radical (unpaired) electrons. The van der Waals surface area contributed by atoms with Crippen LogP contribution in [0.5, 0.6) is 0 Å². The van der Waals surface area contributed by atoms with Gasteiger partial charge in [-0.15, -0.1) is 0 Å². The Morgan fingerprint density at radius 1 is 1.41 bits per heavy atom. The van der Waals surface area contributed by atoms with Crippen LogP contribution in [0.15, 0.2) is 22.7 Å². The van der Waals surface area contributed by atoms with E-state index in [0.29, 0.717) is 10.5 Å². The van der Waals surface area contributed by atoms with Gasteiger partial charge in [-0.2, -0.15) is 0 Å². The number of Topliss-reactive ketones (excluding diaryl/α,β-unsaturated/α-hetero) is 1. The second-order valence-electron chi connectivity index (χ2n) is 4.39. The molecule has 1 fully saturated rings. The molecule has 0 aliphatic heterocycles. The molecule has 1 saturated carbocycles. The molecular weight excluding hydrogens is 285 g/mol. The first-order valence-electron chi connectivity index (χ1n) is 5.89. The maximum absolute atomic E-state index is 13.7. The van der Waals surface area contributed by atoms with E-state index < -0.39 is 5.82 Å². The zero-order chi connectivity index (χ0) is 12.3. The van der Waals surface area contributed by atoms with Crippen LogP contribution in [0.4, 0.5) is 4.39 Å². The molecule has 17 heavy (non-hydrogen) atoms. The standard InChI is InChI=1S/C13H15BrFNO/c14-11-7-3-6-10(13(11)15)12(17)8-16-9-4-1-2-5-9/h3,6-7,9,16H,1-2,4-5,8H2. The Bertz CT molecular complexity index is 416. The van der Waals surface area contributed by atoms with E-state index in [4.69, 9.17) is 0 Å². The van der Waals surface area contributed by atoms with Gasteiger partial charge in [-0.3, -0.25) is 4.79 Å². The highest BCUT2D eigenvalue weighted by Gasteiger charge is 2.18. The van der Waals surface area contributed by atoms with Gasteiger partial charge in [0.15, 0.2) is 5.78 Å². The molecule has 1 aliphatic carbocycles. The summed E-state index contributed by atoms with van der Waals surface area (Å²) in [7, 11) is 0. The van der Waals surface area contributed by atoms with Gasteiger partial charge in [0.25, 0.3) is 0 Å². The maximum atomic E-state index is 13.7. The smallest absolute Gasteiger partial charge is 0.179 e. The molecule has 0 amide bonds. The van der Waals surface area contributed by atoms with E-state index in [1.54, 1.807) is 12.1 Å². The Morgan fingerprint density at radius 2 is 2.12 bits per heavy atom. The van der Waals surface area contributed by atoms with Crippen molar-refractivity contribution in [2.75, 3.05) is 6.54 Å². The molecular formula is C13H15BrFNO. The number of rotatable bonds is 4. The largest absolute Gasteiger partial charge is 0.307 e. The third kappa shape index (κ3) is 3.13. The Labute approximate surface area is 109 Å². The van der Waals surface area contributed by atoms with Crippen LogP contribution in [0.3, 0.4) is 0 Å². The van der Waals surface area contributed by atoms with Crippen LogP contribution in [0.2, 0.25) is 0 Å². The first-order chi connectivity index (χ1) is 8.18. The van der Waals surface area contributed by atoms with Gasteiger partial charge in [-0.05, 0) is 40.9 Å². The molecule has 0 saturated heterocycles. The summed E-state index contributed by atoms with van der Waals surface area (Å²) in [6.45, 7) is 0.220. The number of hydrogen-bond donors (Lipinski definition) is 1. The molecule has 0 spiro atoms. The third-order valence-electron chi connectivity index (χ3n) is 3.16. The van der Waals surface area contributed by atoms with E-state index in [1.807, 2.05) is 0 Å². The van der Waals surface area contributed by atoms with Gasteiger partial charge in [0.2, 0.25) is 0 Å². The molecule has 1 N–H and O–H groups in total. The van der Waals surface area contributed by atoms with Crippen molar-refractivity contribution in [3.63, 3.8) is 0 Å². The highest BCUT2D eigenvalue weighted by atomic mass is 79.9. The summed E-state index contributed by atoms with van der Waals surface area (Å²) in [6.07, 6.45) is 4.68. The van der Waals surface area contributed by atoms with Crippen molar-refractivity contribution in [1.29, 1.82) is 0 Å². The van der Waals surface area contributed by atoms with Crippen molar-refractivity contribution in [2.24, 2.45) is 0 Å². The van der Waals surface area contributed by atoms with Crippen LogP contribution in [-0.4, -0.2) is 18.4 Å². The topological polar surface area (TPSA) is 29.1 Å². The van der Waals surface area contributed by atoms with E-state index >= 15 is 0 Å². The van der Waals surface area contributed by atoms with Gasteiger partial charge in [-0.25, -0.2) is 4.39 Å². The monoisotopic (exact) mass is 299 g/mol. The van der Waals surface area contributed by atoms with Gasteiger partial charge in [-0.1, -0.05) is 18.9 Å². The Balaban J connectivity index is 1.97. The van der Waals surface area contributed by atoms with Crippen LogP contribution in [0.1, 0.15) is 36.0 Å². The third-order valence-corrected chi connectivity index (χ3v) is 3.77. The molecule has 4 heteroatoms. The molecule has 1 aromatic carbocycles. The maximum Gasteiger partial charge on any atom is 0.179 e. The lowest BCUT2D eigenvalue weighted by Gasteiger charge is -2.11. The van der Waals surface area contributed by atoms with Gasteiger partial charge in [0.1, 0.15) is 5.82 Å². The fraction of sp³-hybridized carbons (Fsp3) is 0.462. The predicted molar refractivity (Wildman–Crippen MR) is 68.7 cm³/mol. The first-order valence-corrected chi connectivity index (χ1v) is 6.68. The summed E-state index contributed by atoms with van der Waals surface area (Å²) >= 11 is 3.08. The predicted octanol–water partition coefficient (Wildman–Crippen LogP) is 3.30. The first kappa shape index (κ1) is 12.7. The Hall–Kier alpha value is -0.740. The number of nitrogens with one attached hydrogen (secondary N) is 1. The Kier molecular flexibility index (Phi) is 4.29. The molecule has 0 atom stereocenters. The number of benzene rings is 1. The lowest BCUT2D eigenvalue weighted by molar-refractivity contribution is 0.0983. The average Bonchev–Trinajstić information content (AvgIpc) is 2.82. The summed E-state index contributed by atoms with van der Waals surface area (Å²) in [5.74, 6) is -0.651. The van der Waals surface area contributed by atoms with E-state index in [2.05, 4.69) is 21.2 Å². The Morgan fingerprint density at radius 3 is 2.82 bits per heavy atom. The van der Waals surface area contributed by atoms with Crippen LogP contribution < -0.4 is 5.32 Å². The van der Waals surface area contributed by atoms with Crippen molar-refractivity contribution in [2.45, 2.75) is 31.7 Å². The summed E-state index contributed by atoms with van der Waals surface area (Å²) in [5, 5.41) is 3.20. The van der Waals surface area contributed by atoms with E-state index in [9.17, 15) is 9.18 Å². The highest BCUT2D eigenvalue weighted by molar-refractivity contribution is 9.10. The van der Waals surface area contributed by atoms with Crippen LogP contribution in [0.25, 0.3) is 0 Å². The SMILES string of the molecule is O=C(CNC1CCCC1)c1cccc(Br)c1F. The number of carbonyl (C=O) groups excluding carboxylic acids is 1. The average molecular weight is 300 g/mol. The molecule has 2 rings (SSSR count). The summed E-state index contributed by atoms with van der Waals surface area (Å²) in [5.41, 5.74) is 0.157. The second-order valence-corrected chi connectivity index (χ2v) is 5.24. The minimum absolute atomic E-state index is 0.157. The van der Waals surface area contributed by atoms with Crippen LogP contribution >= 0.6 is 15.9 Å². The van der Waals surface area contributed by atoms with E-state index in [-0.39, 0.29) is 17.9 Å². The minimum Gasteiger partial charge on any atom is -0.307 e. The zero-order valence-electron chi connectivity index (χ0n) is 9.51. The number of hydrogen-bond acceptors (Lipinski definition) is 2. The van der Waals surface area contributed by atoms with Crippen LogP contribution in [-0.2, 0) is 0 Å². The van der Waals surface area contributed by atoms with Crippen molar-refractivity contribution in [3.8, 4) is 0 Å². The highest BCUT2D eigenvalue weighted by Crippen LogP contribution is 2.20. The quantitative estimate of drug-likeness (QED) is 0.864. The van der Waals surface area contributed by atoms with Crippen molar-refractivity contribution in [3.05, 3.63) is 34.1 Å². The van der Waals surface area contributed by atoms with Gasteiger partial charge in [0.05, 0.1) is 16.6 Å². The van der Waals surface area contributed by atoms with Crippen molar-refractivity contribution < 1.29 is 9.18 Å². The van der Waals surface area contributed by atoms with Gasteiger partial charge >= 0.3 is 0 Å². The number of carbonyl (C=O) groups is 1. The van der Waals surface area contributed by atoms with Gasteiger partial charge < -0.3 is 5.32 Å². The molecule has 2 nitrogen and oxygen atoms in total. The lowest BCUT2D eigenvalue weighted by Crippen LogP contribution is -2.31. The lowest BCUT2D eigenvalue weighted by atomic mass is 10.1. The van der Waals surface area contributed by atoms with Crippen molar-refractivity contribution in [1.82, 2.24) is 5.32 Å². The molecule has 0 unspecified atom stereocenters. The normalized spacial score (nSPS) is 16.4. The summed E-state index contributed by atoms with van der Waals surface area (Å²) < 4.78 is 14.0. The molecule has 1 aromatic rings. The van der Waals surface area contributed by atoms with E-state index in [1.165, 1.54) is 18.9 Å². The fourth-order valence-corrected chi connectivity index (χ4v) is 2.55. The van der Waals surface area contributed by atoms with E-state index in [0.717, 1.165) is 12.8 Å². The molecule has 0 bridgehead atoms. The molecule has 0 aromatic heterocycles. The summed E-state index contributed by atoms with van der Waals surface area (Å²) in [6, 6.07) is 5.22. The fourth-order valence-electron chi connectivity index (χ4n) is 2.18. The van der Waals surface area contributed by atoms with Gasteiger partial charge in [0, 0.05) is 6.04 Å². The summed E-state index contributed by atoms with van der Waals surface area (Å²) in [4.78, 5) is 11.9. The zero-order valence-corrected chi connectivity index (χ0v) is 11.1. The molecule has 92 valence electrons. The number of halogens is 2. The minimum atomic E-state index is -0.467.